The van der Waals surface area contributed by atoms with Crippen molar-refractivity contribution in [3.8, 4) is 0 Å². The highest BCUT2D eigenvalue weighted by Gasteiger charge is 2.66. The van der Waals surface area contributed by atoms with Crippen LogP contribution in [0.15, 0.2) is 35.3 Å². The molecule has 1 atom stereocenters. The van der Waals surface area contributed by atoms with Crippen LogP contribution in [0.1, 0.15) is 54.0 Å². The maximum Gasteiger partial charge on any atom is 0.198 e. The summed E-state index contributed by atoms with van der Waals surface area (Å²) in [6, 6.07) is 10.7. The molecular weight excluding hydrogens is 270 g/mol. The molecule has 0 bridgehead atoms. The first kappa shape index (κ1) is 15.4. The zero-order valence-electron chi connectivity index (χ0n) is 15.2. The van der Waals surface area contributed by atoms with Gasteiger partial charge >= 0.3 is 0 Å². The Morgan fingerprint density at radius 1 is 0.773 bits per heavy atom. The van der Waals surface area contributed by atoms with E-state index in [0.29, 0.717) is 0 Å². The first-order valence-corrected chi connectivity index (χ1v) is 8.17. The highest BCUT2D eigenvalue weighted by molar-refractivity contribution is 5.88. The van der Waals surface area contributed by atoms with Gasteiger partial charge in [-0.15, -0.1) is 0 Å². The van der Waals surface area contributed by atoms with Crippen molar-refractivity contribution >= 4 is 5.96 Å². The van der Waals surface area contributed by atoms with E-state index in [-0.39, 0.29) is 22.2 Å². The smallest absolute Gasteiger partial charge is 0.198 e. The average molecular weight is 299 g/mol. The fourth-order valence-electron chi connectivity index (χ4n) is 4.14. The number of nitrogens with zero attached hydrogens (tertiary/aromatic N) is 3. The Hall–Kier alpha value is -1.51. The number of fused-ring (bicyclic) bond motifs is 1. The van der Waals surface area contributed by atoms with Gasteiger partial charge in [0.1, 0.15) is 5.54 Å². The van der Waals surface area contributed by atoms with E-state index in [1.54, 1.807) is 0 Å². The van der Waals surface area contributed by atoms with E-state index in [1.807, 2.05) is 0 Å². The number of likely N-dealkylation sites (N-methyl/N-ethyl adjacent to an activating group) is 1. The van der Waals surface area contributed by atoms with E-state index in [2.05, 4.69) is 95.6 Å². The Morgan fingerprint density at radius 2 is 1.32 bits per heavy atom. The van der Waals surface area contributed by atoms with Crippen LogP contribution in [-0.4, -0.2) is 39.4 Å². The van der Waals surface area contributed by atoms with Crippen molar-refractivity contribution < 1.29 is 0 Å². The Morgan fingerprint density at radius 3 is 1.82 bits per heavy atom. The van der Waals surface area contributed by atoms with E-state index < -0.39 is 0 Å². The quantitative estimate of drug-likeness (QED) is 0.784. The normalized spacial score (nSPS) is 31.2. The van der Waals surface area contributed by atoms with E-state index in [4.69, 9.17) is 4.99 Å². The molecular formula is C19H29N3. The maximum absolute atomic E-state index is 5.25. The summed E-state index contributed by atoms with van der Waals surface area (Å²) >= 11 is 0. The average Bonchev–Trinajstić information content (AvgIpc) is 2.73. The van der Waals surface area contributed by atoms with Crippen molar-refractivity contribution in [2.45, 2.75) is 70.6 Å². The van der Waals surface area contributed by atoms with Gasteiger partial charge in [0.25, 0.3) is 0 Å². The highest BCUT2D eigenvalue weighted by Crippen LogP contribution is 2.55. The predicted octanol–water partition coefficient (Wildman–Crippen LogP) is 3.85. The van der Waals surface area contributed by atoms with Crippen LogP contribution in [0.3, 0.4) is 0 Å². The first-order chi connectivity index (χ1) is 9.98. The van der Waals surface area contributed by atoms with Crippen molar-refractivity contribution in [3.63, 3.8) is 0 Å². The molecule has 3 nitrogen and oxygen atoms in total. The number of guanidine groups is 1. The molecule has 0 aliphatic carbocycles. The monoisotopic (exact) mass is 299 g/mol. The second-order valence-corrected chi connectivity index (χ2v) is 8.42. The molecule has 3 rings (SSSR count). The molecule has 1 saturated heterocycles. The summed E-state index contributed by atoms with van der Waals surface area (Å²) in [4.78, 5) is 10.1. The van der Waals surface area contributed by atoms with Crippen molar-refractivity contribution in [1.82, 2.24) is 9.80 Å². The van der Waals surface area contributed by atoms with Crippen LogP contribution < -0.4 is 0 Å². The topological polar surface area (TPSA) is 18.8 Å². The highest BCUT2D eigenvalue weighted by atomic mass is 15.6. The molecule has 22 heavy (non-hydrogen) atoms. The van der Waals surface area contributed by atoms with Gasteiger partial charge in [-0.05, 0) is 54.0 Å². The molecule has 1 aromatic carbocycles. The third-order valence-corrected chi connectivity index (χ3v) is 6.80. The van der Waals surface area contributed by atoms with Crippen LogP contribution in [-0.2, 0) is 5.54 Å². The third kappa shape index (κ3) is 1.50. The molecule has 0 saturated carbocycles. The molecule has 0 radical (unpaired) electrons. The van der Waals surface area contributed by atoms with Crippen molar-refractivity contribution in [1.29, 1.82) is 0 Å². The standard InChI is InChI=1S/C19H29N3/c1-16(2)17(3,4)22-15(21(16)8)20-19(7,18(22,5)6)14-12-10-9-11-13-14/h9-13H,1-8H3. The molecule has 0 aromatic heterocycles. The lowest BCUT2D eigenvalue weighted by atomic mass is 9.72. The predicted molar refractivity (Wildman–Crippen MR) is 93.1 cm³/mol. The summed E-state index contributed by atoms with van der Waals surface area (Å²) in [6.07, 6.45) is 0. The van der Waals surface area contributed by atoms with Crippen LogP contribution in [0, 0.1) is 0 Å². The maximum atomic E-state index is 5.25. The molecule has 1 aromatic rings. The molecule has 0 N–H and O–H groups in total. The van der Waals surface area contributed by atoms with Gasteiger partial charge in [-0.1, -0.05) is 30.3 Å². The van der Waals surface area contributed by atoms with Crippen LogP contribution in [0.25, 0.3) is 0 Å². The molecule has 1 fully saturated rings. The van der Waals surface area contributed by atoms with Crippen molar-refractivity contribution in [2.75, 3.05) is 7.05 Å². The van der Waals surface area contributed by atoms with Crippen LogP contribution in [0.5, 0.6) is 0 Å². The Labute approximate surface area is 135 Å². The van der Waals surface area contributed by atoms with Gasteiger partial charge < -0.3 is 9.80 Å². The summed E-state index contributed by atoms with van der Waals surface area (Å²) in [6.45, 7) is 16.2. The summed E-state index contributed by atoms with van der Waals surface area (Å²) in [5.74, 6) is 1.12. The number of benzene rings is 1. The van der Waals surface area contributed by atoms with E-state index in [9.17, 15) is 0 Å². The number of hydrogen-bond acceptors (Lipinski definition) is 3. The lowest BCUT2D eigenvalue weighted by Crippen LogP contribution is -2.62. The summed E-state index contributed by atoms with van der Waals surface area (Å²) < 4.78 is 0. The van der Waals surface area contributed by atoms with Crippen molar-refractivity contribution in [3.05, 3.63) is 35.9 Å². The minimum atomic E-state index is -0.244. The van der Waals surface area contributed by atoms with Crippen LogP contribution in [0.4, 0.5) is 0 Å². The fraction of sp³-hybridized carbons (Fsp3) is 0.632. The van der Waals surface area contributed by atoms with E-state index in [0.717, 1.165) is 5.96 Å². The third-order valence-electron chi connectivity index (χ3n) is 6.80. The van der Waals surface area contributed by atoms with Gasteiger partial charge in [-0.3, -0.25) is 0 Å². The number of hydrogen-bond donors (Lipinski definition) is 0. The van der Waals surface area contributed by atoms with Gasteiger partial charge in [-0.25, -0.2) is 4.99 Å². The second-order valence-electron chi connectivity index (χ2n) is 8.42. The lowest BCUT2D eigenvalue weighted by molar-refractivity contribution is 0.0293. The molecule has 2 heterocycles. The Kier molecular flexibility index (Phi) is 2.84. The van der Waals surface area contributed by atoms with E-state index in [1.165, 1.54) is 5.56 Å². The zero-order chi connectivity index (χ0) is 16.6. The SMILES string of the molecule is CN1C2=NC(C)(c3ccccc3)C(C)(C)N2C(C)(C)C1(C)C. The summed E-state index contributed by atoms with van der Waals surface area (Å²) in [5, 5.41) is 0. The lowest BCUT2D eigenvalue weighted by Gasteiger charge is -2.51. The van der Waals surface area contributed by atoms with Gasteiger partial charge in [0.15, 0.2) is 5.96 Å². The molecule has 2 aliphatic heterocycles. The summed E-state index contributed by atoms with van der Waals surface area (Å²) in [5.41, 5.74) is 1.00. The molecule has 0 amide bonds. The second kappa shape index (κ2) is 4.06. The molecule has 0 spiro atoms. The molecule has 2 aliphatic rings. The fourth-order valence-corrected chi connectivity index (χ4v) is 4.14. The van der Waals surface area contributed by atoms with Gasteiger partial charge in [0.2, 0.25) is 0 Å². The molecule has 120 valence electrons. The minimum absolute atomic E-state index is 0.0105. The number of aliphatic imine (C=N–C) groups is 1. The Balaban J connectivity index is 2.22. The van der Waals surface area contributed by atoms with Gasteiger partial charge in [0.05, 0.1) is 16.6 Å². The van der Waals surface area contributed by atoms with Gasteiger partial charge in [-0.2, -0.15) is 0 Å². The first-order valence-electron chi connectivity index (χ1n) is 8.17. The number of rotatable bonds is 1. The van der Waals surface area contributed by atoms with Crippen molar-refractivity contribution in [2.24, 2.45) is 4.99 Å². The zero-order valence-corrected chi connectivity index (χ0v) is 15.2. The molecule has 1 unspecified atom stereocenters. The molecule has 3 heteroatoms. The van der Waals surface area contributed by atoms with Crippen LogP contribution in [0.2, 0.25) is 0 Å². The van der Waals surface area contributed by atoms with Gasteiger partial charge in [0, 0.05) is 7.05 Å². The summed E-state index contributed by atoms with van der Waals surface area (Å²) in [7, 11) is 2.17. The van der Waals surface area contributed by atoms with Crippen LogP contribution >= 0.6 is 0 Å². The van der Waals surface area contributed by atoms with E-state index >= 15 is 0 Å². The largest absolute Gasteiger partial charge is 0.338 e. The minimum Gasteiger partial charge on any atom is -0.338 e. The Bertz CT molecular complexity index is 627.